The molecule has 0 amide bonds. The molecular weight excluding hydrogens is 308 g/mol. The Morgan fingerprint density at radius 1 is 1.21 bits per heavy atom. The van der Waals surface area contributed by atoms with Crippen molar-refractivity contribution < 1.29 is 24.9 Å². The lowest BCUT2D eigenvalue weighted by Crippen LogP contribution is -2.55. The summed E-state index contributed by atoms with van der Waals surface area (Å²) in [6, 6.07) is 4.46. The summed E-state index contributed by atoms with van der Waals surface area (Å²) in [5.74, 6) is -1.49. The topological polar surface area (TPSA) is 94.8 Å². The molecule has 5 nitrogen and oxygen atoms in total. The molecule has 0 unspecified atom stereocenters. The Morgan fingerprint density at radius 3 is 2.71 bits per heavy atom. The standard InChI is InChI=1S/C19H20O5/c1-9-7-10-5-6-19(24)16(14(10)13(21)8-9)17(22)11-3-2-4-12(20)15(11)18(19)23/h2-4,9,16,18,20,23-24H,5-8H2,1H3/t9-,16+,18-,19-/m1/s1. The van der Waals surface area contributed by atoms with Gasteiger partial charge in [-0.25, -0.2) is 0 Å². The second kappa shape index (κ2) is 5.01. The number of benzene rings is 1. The van der Waals surface area contributed by atoms with Crippen molar-refractivity contribution in [1.82, 2.24) is 0 Å². The van der Waals surface area contributed by atoms with E-state index in [0.717, 1.165) is 12.0 Å². The van der Waals surface area contributed by atoms with Gasteiger partial charge >= 0.3 is 0 Å². The monoisotopic (exact) mass is 328 g/mol. The van der Waals surface area contributed by atoms with E-state index in [9.17, 15) is 24.9 Å². The first kappa shape index (κ1) is 15.5. The quantitative estimate of drug-likeness (QED) is 0.677. The Bertz CT molecular complexity index is 793. The second-order valence-corrected chi connectivity index (χ2v) is 7.38. The first-order chi connectivity index (χ1) is 11.3. The molecule has 1 aromatic rings. The van der Waals surface area contributed by atoms with Crippen molar-refractivity contribution in [3.8, 4) is 5.75 Å². The highest BCUT2D eigenvalue weighted by molar-refractivity contribution is 6.11. The van der Waals surface area contributed by atoms with Crippen molar-refractivity contribution >= 4 is 11.6 Å². The maximum atomic E-state index is 13.1. The number of allylic oxidation sites excluding steroid dienone is 1. The molecule has 0 radical (unpaired) electrons. The van der Waals surface area contributed by atoms with E-state index in [2.05, 4.69) is 0 Å². The summed E-state index contributed by atoms with van der Waals surface area (Å²) >= 11 is 0. The molecule has 3 N–H and O–H groups in total. The number of hydrogen-bond acceptors (Lipinski definition) is 5. The van der Waals surface area contributed by atoms with E-state index in [4.69, 9.17) is 0 Å². The summed E-state index contributed by atoms with van der Waals surface area (Å²) in [6.45, 7) is 2.01. The predicted molar refractivity (Wildman–Crippen MR) is 85.5 cm³/mol. The van der Waals surface area contributed by atoms with Crippen LogP contribution in [0.5, 0.6) is 5.75 Å². The van der Waals surface area contributed by atoms with Gasteiger partial charge in [-0.3, -0.25) is 9.59 Å². The van der Waals surface area contributed by atoms with Gasteiger partial charge in [0.05, 0.1) is 5.92 Å². The highest BCUT2D eigenvalue weighted by Gasteiger charge is 2.58. The van der Waals surface area contributed by atoms with Gasteiger partial charge in [0.15, 0.2) is 11.6 Å². The van der Waals surface area contributed by atoms with Crippen LogP contribution in [-0.4, -0.2) is 32.5 Å². The molecule has 0 spiro atoms. The van der Waals surface area contributed by atoms with Crippen molar-refractivity contribution in [2.45, 2.75) is 44.3 Å². The number of carbonyl (C=O) groups excluding carboxylic acids is 2. The van der Waals surface area contributed by atoms with E-state index in [1.807, 2.05) is 6.92 Å². The maximum absolute atomic E-state index is 13.1. The van der Waals surface area contributed by atoms with Gasteiger partial charge in [0.2, 0.25) is 0 Å². The Hall–Kier alpha value is -1.98. The number of aliphatic hydroxyl groups is 2. The largest absolute Gasteiger partial charge is 0.508 e. The fourth-order valence-electron chi connectivity index (χ4n) is 4.69. The molecule has 0 aliphatic heterocycles. The third-order valence-electron chi connectivity index (χ3n) is 5.78. The van der Waals surface area contributed by atoms with Gasteiger partial charge in [0.1, 0.15) is 17.5 Å². The van der Waals surface area contributed by atoms with Crippen LogP contribution < -0.4 is 0 Å². The Labute approximate surface area is 139 Å². The Morgan fingerprint density at radius 2 is 1.96 bits per heavy atom. The second-order valence-electron chi connectivity index (χ2n) is 7.38. The maximum Gasteiger partial charge on any atom is 0.173 e. The van der Waals surface area contributed by atoms with E-state index in [-0.39, 0.29) is 40.8 Å². The number of phenolic OH excluding ortho intramolecular Hbond substituents is 1. The summed E-state index contributed by atoms with van der Waals surface area (Å²) < 4.78 is 0. The van der Waals surface area contributed by atoms with Crippen molar-refractivity contribution in [3.05, 3.63) is 40.5 Å². The number of hydrogen-bond donors (Lipinski definition) is 3. The Balaban J connectivity index is 1.94. The number of aliphatic hydroxyl groups excluding tert-OH is 1. The van der Waals surface area contributed by atoms with Crippen molar-refractivity contribution in [2.75, 3.05) is 0 Å². The molecule has 4 atom stereocenters. The molecule has 126 valence electrons. The minimum atomic E-state index is -1.74. The minimum Gasteiger partial charge on any atom is -0.508 e. The smallest absolute Gasteiger partial charge is 0.173 e. The zero-order valence-corrected chi connectivity index (χ0v) is 13.5. The first-order valence-electron chi connectivity index (χ1n) is 8.36. The highest BCUT2D eigenvalue weighted by atomic mass is 16.3. The van der Waals surface area contributed by atoms with E-state index in [0.29, 0.717) is 18.4 Å². The van der Waals surface area contributed by atoms with Crippen molar-refractivity contribution in [3.63, 3.8) is 0 Å². The van der Waals surface area contributed by atoms with Gasteiger partial charge in [0, 0.05) is 23.1 Å². The number of Topliss-reactive ketones (excluding diaryl/α,β-unsaturated/α-hetero) is 2. The van der Waals surface area contributed by atoms with Crippen LogP contribution in [0.1, 0.15) is 54.6 Å². The van der Waals surface area contributed by atoms with Gasteiger partial charge in [-0.2, -0.15) is 0 Å². The third kappa shape index (κ3) is 1.88. The molecular formula is C19H20O5. The number of aromatic hydroxyl groups is 1. The fraction of sp³-hybridized carbons (Fsp3) is 0.474. The van der Waals surface area contributed by atoms with E-state index in [1.54, 1.807) is 0 Å². The van der Waals surface area contributed by atoms with Crippen LogP contribution in [0.15, 0.2) is 29.3 Å². The van der Waals surface area contributed by atoms with Crippen LogP contribution in [0.4, 0.5) is 0 Å². The summed E-state index contributed by atoms with van der Waals surface area (Å²) in [4.78, 5) is 25.7. The molecule has 0 saturated heterocycles. The number of phenols is 1. The van der Waals surface area contributed by atoms with Crippen LogP contribution in [0.25, 0.3) is 0 Å². The molecule has 0 fully saturated rings. The molecule has 0 heterocycles. The summed E-state index contributed by atoms with van der Waals surface area (Å²) in [5, 5.41) is 32.0. The molecule has 3 aliphatic carbocycles. The minimum absolute atomic E-state index is 0.0712. The number of carbonyl (C=O) groups is 2. The van der Waals surface area contributed by atoms with Gasteiger partial charge in [-0.1, -0.05) is 24.6 Å². The van der Waals surface area contributed by atoms with Crippen molar-refractivity contribution in [1.29, 1.82) is 0 Å². The van der Waals surface area contributed by atoms with Gasteiger partial charge in [-0.15, -0.1) is 0 Å². The van der Waals surface area contributed by atoms with Crippen LogP contribution >= 0.6 is 0 Å². The summed E-state index contributed by atoms with van der Waals surface area (Å²) in [7, 11) is 0. The lowest BCUT2D eigenvalue weighted by Gasteiger charge is -2.48. The molecule has 3 aliphatic rings. The first-order valence-corrected chi connectivity index (χ1v) is 8.36. The molecule has 0 saturated carbocycles. The lowest BCUT2D eigenvalue weighted by molar-refractivity contribution is -0.128. The predicted octanol–water partition coefficient (Wildman–Crippen LogP) is 2.06. The van der Waals surface area contributed by atoms with Crippen LogP contribution in [-0.2, 0) is 4.79 Å². The van der Waals surface area contributed by atoms with Gasteiger partial charge in [-0.05, 0) is 31.2 Å². The summed E-state index contributed by atoms with van der Waals surface area (Å²) in [5.41, 5.74) is -0.130. The highest BCUT2D eigenvalue weighted by Crippen LogP contribution is 2.54. The lowest BCUT2D eigenvalue weighted by atomic mass is 9.58. The van der Waals surface area contributed by atoms with E-state index >= 15 is 0 Å². The molecule has 1 aromatic carbocycles. The molecule has 4 rings (SSSR count). The van der Waals surface area contributed by atoms with Crippen molar-refractivity contribution in [2.24, 2.45) is 11.8 Å². The SMILES string of the molecule is C[C@H]1CC(=O)C2=C(CC[C@@]3(O)[C@@H]2C(=O)c2cccc(O)c2[C@H]3O)C1. The average molecular weight is 328 g/mol. The normalized spacial score (nSPS) is 35.4. The average Bonchev–Trinajstić information content (AvgIpc) is 2.53. The number of ketones is 2. The third-order valence-corrected chi connectivity index (χ3v) is 5.78. The molecule has 24 heavy (non-hydrogen) atoms. The molecule has 0 aromatic heterocycles. The number of fused-ring (bicyclic) bond motifs is 3. The summed E-state index contributed by atoms with van der Waals surface area (Å²) in [6.07, 6.45) is 0.423. The molecule has 0 bridgehead atoms. The Kier molecular flexibility index (Phi) is 3.24. The van der Waals surface area contributed by atoms with Gasteiger partial charge < -0.3 is 15.3 Å². The fourth-order valence-corrected chi connectivity index (χ4v) is 4.69. The zero-order chi connectivity index (χ0) is 17.2. The zero-order valence-electron chi connectivity index (χ0n) is 13.5. The van der Waals surface area contributed by atoms with E-state index in [1.165, 1.54) is 18.2 Å². The molecule has 5 heteroatoms. The van der Waals surface area contributed by atoms with E-state index < -0.39 is 17.6 Å². The van der Waals surface area contributed by atoms with Gasteiger partial charge in [0.25, 0.3) is 0 Å². The van der Waals surface area contributed by atoms with Crippen LogP contribution in [0, 0.1) is 11.8 Å². The van der Waals surface area contributed by atoms with Crippen LogP contribution in [0.2, 0.25) is 0 Å². The number of rotatable bonds is 0. The van der Waals surface area contributed by atoms with Crippen LogP contribution in [0.3, 0.4) is 0 Å².